The van der Waals surface area contributed by atoms with Gasteiger partial charge in [-0.2, -0.15) is 5.48 Å². The van der Waals surface area contributed by atoms with Crippen molar-refractivity contribution in [2.45, 2.75) is 13.8 Å². The van der Waals surface area contributed by atoms with Gasteiger partial charge in [-0.15, -0.1) is 0 Å². The van der Waals surface area contributed by atoms with Crippen LogP contribution < -0.4 is 5.48 Å². The zero-order valence-electron chi connectivity index (χ0n) is 5.69. The van der Waals surface area contributed by atoms with E-state index in [2.05, 4.69) is 30.2 Å². The van der Waals surface area contributed by atoms with Crippen LogP contribution in [-0.2, 0) is 4.84 Å². The monoisotopic (exact) mass is 115 g/mol. The Bertz CT molecular complexity index is 74.6. The second-order valence-electron chi connectivity index (χ2n) is 1.83. The van der Waals surface area contributed by atoms with Crippen molar-refractivity contribution in [3.63, 3.8) is 0 Å². The zero-order chi connectivity index (χ0) is 6.41. The molecule has 0 saturated carbocycles. The van der Waals surface area contributed by atoms with Crippen LogP contribution in [-0.4, -0.2) is 13.7 Å². The van der Waals surface area contributed by atoms with E-state index in [1.807, 2.05) is 0 Å². The SMILES string of the molecule is CONCC=C(C)C. The van der Waals surface area contributed by atoms with Crippen LogP contribution in [0.15, 0.2) is 11.6 Å². The van der Waals surface area contributed by atoms with Crippen LogP contribution in [0.5, 0.6) is 0 Å². The smallest absolute Gasteiger partial charge is 0.0572 e. The van der Waals surface area contributed by atoms with Gasteiger partial charge < -0.3 is 4.84 Å². The molecule has 0 aromatic heterocycles. The van der Waals surface area contributed by atoms with Crippen LogP contribution in [0.4, 0.5) is 0 Å². The summed E-state index contributed by atoms with van der Waals surface area (Å²) in [5.41, 5.74) is 4.00. The Hall–Kier alpha value is -0.340. The van der Waals surface area contributed by atoms with E-state index in [9.17, 15) is 0 Å². The van der Waals surface area contributed by atoms with E-state index in [1.165, 1.54) is 5.57 Å². The van der Waals surface area contributed by atoms with Crippen LogP contribution in [0, 0.1) is 0 Å². The summed E-state index contributed by atoms with van der Waals surface area (Å²) in [6.07, 6.45) is 2.06. The van der Waals surface area contributed by atoms with Gasteiger partial charge in [-0.1, -0.05) is 11.6 Å². The number of nitrogens with one attached hydrogen (secondary N) is 1. The molecule has 8 heavy (non-hydrogen) atoms. The van der Waals surface area contributed by atoms with Crippen LogP contribution >= 0.6 is 0 Å². The molecule has 0 fully saturated rings. The van der Waals surface area contributed by atoms with E-state index in [0.717, 1.165) is 6.54 Å². The van der Waals surface area contributed by atoms with Crippen LogP contribution in [0.25, 0.3) is 0 Å². The molecule has 0 amide bonds. The fourth-order valence-corrected chi connectivity index (χ4v) is 0.329. The van der Waals surface area contributed by atoms with Crippen molar-refractivity contribution in [2.75, 3.05) is 13.7 Å². The Kier molecular flexibility index (Phi) is 4.61. The summed E-state index contributed by atoms with van der Waals surface area (Å²) in [5, 5.41) is 0. The van der Waals surface area contributed by atoms with Crippen molar-refractivity contribution in [2.24, 2.45) is 0 Å². The molecule has 0 aliphatic rings. The van der Waals surface area contributed by atoms with E-state index in [4.69, 9.17) is 0 Å². The number of allylic oxidation sites excluding steroid dienone is 1. The van der Waals surface area contributed by atoms with Gasteiger partial charge >= 0.3 is 0 Å². The molecule has 0 aliphatic heterocycles. The van der Waals surface area contributed by atoms with Gasteiger partial charge in [0.05, 0.1) is 7.11 Å². The minimum atomic E-state index is 0.791. The maximum Gasteiger partial charge on any atom is 0.0572 e. The summed E-state index contributed by atoms with van der Waals surface area (Å²) in [7, 11) is 1.61. The maximum atomic E-state index is 4.60. The maximum absolute atomic E-state index is 4.60. The summed E-state index contributed by atoms with van der Waals surface area (Å²) in [6.45, 7) is 4.90. The predicted molar refractivity (Wildman–Crippen MR) is 34.4 cm³/mol. The molecule has 48 valence electrons. The quantitative estimate of drug-likeness (QED) is 0.338. The molecule has 0 aliphatic carbocycles. The van der Waals surface area contributed by atoms with Gasteiger partial charge in [0.15, 0.2) is 0 Å². The molecule has 2 nitrogen and oxygen atoms in total. The molecule has 0 aromatic rings. The molecule has 2 heteroatoms. The molecule has 0 aromatic carbocycles. The fraction of sp³-hybridized carbons (Fsp3) is 0.667. The lowest BCUT2D eigenvalue weighted by Gasteiger charge is -1.94. The van der Waals surface area contributed by atoms with Crippen LogP contribution in [0.1, 0.15) is 13.8 Å². The largest absolute Gasteiger partial charge is 0.305 e. The Labute approximate surface area is 50.5 Å². The minimum Gasteiger partial charge on any atom is -0.305 e. The zero-order valence-corrected chi connectivity index (χ0v) is 5.69. The molecule has 0 bridgehead atoms. The third-order valence-electron chi connectivity index (χ3n) is 0.738. The molecular formula is C6H13NO. The van der Waals surface area contributed by atoms with Gasteiger partial charge in [0.1, 0.15) is 0 Å². The van der Waals surface area contributed by atoms with Crippen molar-refractivity contribution >= 4 is 0 Å². The van der Waals surface area contributed by atoms with E-state index in [-0.39, 0.29) is 0 Å². The highest BCUT2D eigenvalue weighted by molar-refractivity contribution is 4.93. The van der Waals surface area contributed by atoms with Gasteiger partial charge in [-0.3, -0.25) is 0 Å². The average Bonchev–Trinajstić information content (AvgIpc) is 1.66. The highest BCUT2D eigenvalue weighted by atomic mass is 16.6. The molecule has 0 rings (SSSR count). The Morgan fingerprint density at radius 1 is 1.62 bits per heavy atom. The highest BCUT2D eigenvalue weighted by Crippen LogP contribution is 1.84. The number of hydrogen-bond donors (Lipinski definition) is 1. The van der Waals surface area contributed by atoms with Crippen LogP contribution in [0.2, 0.25) is 0 Å². The third-order valence-corrected chi connectivity index (χ3v) is 0.738. The molecular weight excluding hydrogens is 102 g/mol. The van der Waals surface area contributed by atoms with Crippen molar-refractivity contribution in [1.82, 2.24) is 5.48 Å². The second kappa shape index (κ2) is 4.81. The third kappa shape index (κ3) is 5.66. The summed E-state index contributed by atoms with van der Waals surface area (Å²) in [5.74, 6) is 0. The number of rotatable bonds is 3. The molecule has 0 saturated heterocycles. The number of hydroxylamine groups is 1. The first-order chi connectivity index (χ1) is 3.77. The molecule has 0 atom stereocenters. The van der Waals surface area contributed by atoms with Gasteiger partial charge in [-0.05, 0) is 13.8 Å². The van der Waals surface area contributed by atoms with Crippen molar-refractivity contribution in [3.05, 3.63) is 11.6 Å². The lowest BCUT2D eigenvalue weighted by molar-refractivity contribution is 0.101. The lowest BCUT2D eigenvalue weighted by atomic mass is 10.3. The van der Waals surface area contributed by atoms with Crippen molar-refractivity contribution < 1.29 is 4.84 Å². The lowest BCUT2D eigenvalue weighted by Crippen LogP contribution is -2.10. The summed E-state index contributed by atoms with van der Waals surface area (Å²) >= 11 is 0. The summed E-state index contributed by atoms with van der Waals surface area (Å²) in [6, 6.07) is 0. The number of hydrogen-bond acceptors (Lipinski definition) is 2. The predicted octanol–water partition coefficient (Wildman–Crippen LogP) is 1.10. The highest BCUT2D eigenvalue weighted by Gasteiger charge is 1.75. The van der Waals surface area contributed by atoms with Crippen molar-refractivity contribution in [1.29, 1.82) is 0 Å². The first-order valence-corrected chi connectivity index (χ1v) is 2.66. The second-order valence-corrected chi connectivity index (χ2v) is 1.83. The normalized spacial score (nSPS) is 8.88. The first-order valence-electron chi connectivity index (χ1n) is 2.66. The van der Waals surface area contributed by atoms with Gasteiger partial charge in [0.2, 0.25) is 0 Å². The molecule has 0 unspecified atom stereocenters. The van der Waals surface area contributed by atoms with Crippen molar-refractivity contribution in [3.8, 4) is 0 Å². The van der Waals surface area contributed by atoms with E-state index >= 15 is 0 Å². The van der Waals surface area contributed by atoms with E-state index < -0.39 is 0 Å². The Morgan fingerprint density at radius 3 is 2.62 bits per heavy atom. The Morgan fingerprint density at radius 2 is 2.25 bits per heavy atom. The summed E-state index contributed by atoms with van der Waals surface area (Å²) < 4.78 is 0. The standard InChI is InChI=1S/C6H13NO/c1-6(2)4-5-7-8-3/h4,7H,5H2,1-3H3. The fourth-order valence-electron chi connectivity index (χ4n) is 0.329. The van der Waals surface area contributed by atoms with Gasteiger partial charge in [0.25, 0.3) is 0 Å². The first kappa shape index (κ1) is 7.66. The summed E-state index contributed by atoms with van der Waals surface area (Å²) in [4.78, 5) is 4.60. The molecule has 0 spiro atoms. The minimum absolute atomic E-state index is 0.791. The Balaban J connectivity index is 3.03. The topological polar surface area (TPSA) is 21.3 Å². The molecule has 0 heterocycles. The van der Waals surface area contributed by atoms with E-state index in [1.54, 1.807) is 7.11 Å². The van der Waals surface area contributed by atoms with Crippen LogP contribution in [0.3, 0.4) is 0 Å². The molecule has 0 radical (unpaired) electrons. The molecule has 1 N–H and O–H groups in total. The van der Waals surface area contributed by atoms with Gasteiger partial charge in [0, 0.05) is 6.54 Å². The average molecular weight is 115 g/mol. The van der Waals surface area contributed by atoms with E-state index in [0.29, 0.717) is 0 Å². The van der Waals surface area contributed by atoms with Gasteiger partial charge in [-0.25, -0.2) is 0 Å².